The van der Waals surface area contributed by atoms with E-state index in [1.165, 1.54) is 0 Å². The molecule has 1 heterocycles. The highest BCUT2D eigenvalue weighted by Crippen LogP contribution is 2.31. The fourth-order valence-corrected chi connectivity index (χ4v) is 1.96. The maximum absolute atomic E-state index is 6.15. The number of rotatable bonds is 3. The highest BCUT2D eigenvalue weighted by atomic mass is 79.9. The van der Waals surface area contributed by atoms with Gasteiger partial charge in [0, 0.05) is 17.2 Å². The highest BCUT2D eigenvalue weighted by molar-refractivity contribution is 9.10. The Balaban J connectivity index is 2.31. The van der Waals surface area contributed by atoms with Crippen LogP contribution in [0.2, 0.25) is 5.02 Å². The van der Waals surface area contributed by atoms with Gasteiger partial charge in [0.2, 0.25) is 5.88 Å². The molecule has 2 rings (SSSR count). The van der Waals surface area contributed by atoms with Crippen LogP contribution in [0.15, 0.2) is 34.9 Å². The molecule has 0 spiro atoms. The monoisotopic (exact) mass is 326 g/mol. The molecule has 0 bridgehead atoms. The Bertz CT molecular complexity index is 575. The smallest absolute Gasteiger partial charge is 0.238 e. The van der Waals surface area contributed by atoms with Gasteiger partial charge in [0.25, 0.3) is 0 Å². The highest BCUT2D eigenvalue weighted by Gasteiger charge is 2.09. The molecular formula is C13H12BrClN2O. The Hall–Kier alpha value is -1.10. The number of ether oxygens (including phenoxy) is 1. The summed E-state index contributed by atoms with van der Waals surface area (Å²) >= 11 is 9.59. The van der Waals surface area contributed by atoms with Crippen LogP contribution in [0, 0.1) is 6.92 Å². The van der Waals surface area contributed by atoms with E-state index in [0.29, 0.717) is 23.2 Å². The molecule has 94 valence electrons. The number of pyridine rings is 1. The molecule has 0 aliphatic carbocycles. The predicted octanol–water partition coefficient (Wildman–Crippen LogP) is 4.06. The van der Waals surface area contributed by atoms with Gasteiger partial charge in [0.1, 0.15) is 10.8 Å². The van der Waals surface area contributed by atoms with Gasteiger partial charge >= 0.3 is 0 Å². The van der Waals surface area contributed by atoms with Crippen molar-refractivity contribution in [1.29, 1.82) is 0 Å². The third-order valence-corrected chi connectivity index (χ3v) is 3.80. The molecule has 3 nitrogen and oxygen atoms in total. The molecule has 0 fully saturated rings. The molecule has 0 saturated carbocycles. The summed E-state index contributed by atoms with van der Waals surface area (Å²) < 4.78 is 6.70. The van der Waals surface area contributed by atoms with Gasteiger partial charge in [-0.05, 0) is 42.3 Å². The molecule has 2 aromatic rings. The minimum Gasteiger partial charge on any atom is -0.438 e. The van der Waals surface area contributed by atoms with Crippen LogP contribution < -0.4 is 10.5 Å². The largest absolute Gasteiger partial charge is 0.438 e. The second kappa shape index (κ2) is 5.69. The lowest BCUT2D eigenvalue weighted by molar-refractivity contribution is 0.462. The summed E-state index contributed by atoms with van der Waals surface area (Å²) in [6.45, 7) is 2.35. The molecular weight excluding hydrogens is 316 g/mol. The van der Waals surface area contributed by atoms with E-state index in [1.807, 2.05) is 25.1 Å². The van der Waals surface area contributed by atoms with Gasteiger partial charge in [-0.15, -0.1) is 0 Å². The van der Waals surface area contributed by atoms with Crippen molar-refractivity contribution in [1.82, 2.24) is 4.98 Å². The molecule has 0 unspecified atom stereocenters. The van der Waals surface area contributed by atoms with Gasteiger partial charge in [-0.2, -0.15) is 0 Å². The number of benzene rings is 1. The summed E-state index contributed by atoms with van der Waals surface area (Å²) in [4.78, 5) is 4.11. The molecule has 0 aliphatic rings. The van der Waals surface area contributed by atoms with E-state index in [4.69, 9.17) is 22.1 Å². The molecule has 2 N–H and O–H groups in total. The normalized spacial score (nSPS) is 10.4. The number of hydrogen-bond acceptors (Lipinski definition) is 3. The van der Waals surface area contributed by atoms with Crippen molar-refractivity contribution in [2.75, 3.05) is 0 Å². The second-order valence-corrected chi connectivity index (χ2v) is 5.04. The van der Waals surface area contributed by atoms with E-state index in [2.05, 4.69) is 20.9 Å². The first-order valence-corrected chi connectivity index (χ1v) is 6.56. The Labute approximate surface area is 119 Å². The fraction of sp³-hybridized carbons (Fsp3) is 0.154. The molecule has 1 aromatic carbocycles. The van der Waals surface area contributed by atoms with Crippen molar-refractivity contribution in [3.05, 3.63) is 51.1 Å². The molecule has 5 heteroatoms. The summed E-state index contributed by atoms with van der Waals surface area (Å²) in [5.74, 6) is 1.07. The Kier molecular flexibility index (Phi) is 4.22. The number of hydrogen-bond donors (Lipinski definition) is 1. The van der Waals surface area contributed by atoms with Crippen molar-refractivity contribution in [2.24, 2.45) is 5.73 Å². The van der Waals surface area contributed by atoms with Crippen LogP contribution >= 0.6 is 27.5 Å². The summed E-state index contributed by atoms with van der Waals surface area (Å²) in [7, 11) is 0. The number of aromatic nitrogens is 1. The lowest BCUT2D eigenvalue weighted by atomic mass is 10.2. The molecule has 0 radical (unpaired) electrons. The molecule has 0 saturated heterocycles. The average Bonchev–Trinajstić information content (AvgIpc) is 2.36. The van der Waals surface area contributed by atoms with Crippen LogP contribution in [-0.2, 0) is 6.54 Å². The first kappa shape index (κ1) is 13.3. The third kappa shape index (κ3) is 2.83. The van der Waals surface area contributed by atoms with Crippen LogP contribution in [0.5, 0.6) is 11.6 Å². The minimum atomic E-state index is 0.358. The van der Waals surface area contributed by atoms with E-state index in [-0.39, 0.29) is 0 Å². The van der Waals surface area contributed by atoms with Gasteiger partial charge in [-0.25, -0.2) is 4.98 Å². The minimum absolute atomic E-state index is 0.358. The van der Waals surface area contributed by atoms with Crippen molar-refractivity contribution >= 4 is 27.5 Å². The van der Waals surface area contributed by atoms with Crippen LogP contribution in [0.4, 0.5) is 0 Å². The van der Waals surface area contributed by atoms with Crippen molar-refractivity contribution in [3.63, 3.8) is 0 Å². The molecule has 0 atom stereocenters. The predicted molar refractivity (Wildman–Crippen MR) is 76.1 cm³/mol. The number of halogens is 2. The topological polar surface area (TPSA) is 48.1 Å². The first-order chi connectivity index (χ1) is 8.61. The standard InChI is InChI=1S/C13H12BrClN2O/c1-8-6-10(2-3-11(8)14)18-13-12(15)9(7-16)4-5-17-13/h2-6H,7,16H2,1H3. The zero-order valence-electron chi connectivity index (χ0n) is 9.78. The van der Waals surface area contributed by atoms with E-state index in [0.717, 1.165) is 15.6 Å². The third-order valence-electron chi connectivity index (χ3n) is 2.50. The van der Waals surface area contributed by atoms with Gasteiger partial charge in [-0.3, -0.25) is 0 Å². The number of aryl methyl sites for hydroxylation is 1. The zero-order chi connectivity index (χ0) is 13.1. The van der Waals surface area contributed by atoms with Crippen LogP contribution in [0.1, 0.15) is 11.1 Å². The van der Waals surface area contributed by atoms with Gasteiger partial charge in [0.15, 0.2) is 0 Å². The Morgan fingerprint density at radius 2 is 2.17 bits per heavy atom. The summed E-state index contributed by atoms with van der Waals surface area (Å²) in [5, 5.41) is 0.459. The van der Waals surface area contributed by atoms with Crippen LogP contribution in [0.3, 0.4) is 0 Å². The SMILES string of the molecule is Cc1cc(Oc2nccc(CN)c2Cl)ccc1Br. The average molecular weight is 328 g/mol. The first-order valence-electron chi connectivity index (χ1n) is 5.39. The van der Waals surface area contributed by atoms with E-state index >= 15 is 0 Å². The fourth-order valence-electron chi connectivity index (χ4n) is 1.48. The second-order valence-electron chi connectivity index (χ2n) is 3.81. The Morgan fingerprint density at radius 1 is 1.39 bits per heavy atom. The van der Waals surface area contributed by atoms with Crippen LogP contribution in [0.25, 0.3) is 0 Å². The Morgan fingerprint density at radius 3 is 2.83 bits per heavy atom. The molecule has 0 amide bonds. The van der Waals surface area contributed by atoms with Crippen molar-refractivity contribution < 1.29 is 4.74 Å². The summed E-state index contributed by atoms with van der Waals surface area (Å²) in [5.41, 5.74) is 7.48. The summed E-state index contributed by atoms with van der Waals surface area (Å²) in [6, 6.07) is 7.47. The number of nitrogens with zero attached hydrogens (tertiary/aromatic N) is 1. The quantitative estimate of drug-likeness (QED) is 0.925. The van der Waals surface area contributed by atoms with Crippen molar-refractivity contribution in [2.45, 2.75) is 13.5 Å². The molecule has 18 heavy (non-hydrogen) atoms. The van der Waals surface area contributed by atoms with E-state index < -0.39 is 0 Å². The maximum Gasteiger partial charge on any atom is 0.238 e. The molecule has 1 aromatic heterocycles. The van der Waals surface area contributed by atoms with Gasteiger partial charge in [-0.1, -0.05) is 27.5 Å². The van der Waals surface area contributed by atoms with E-state index in [1.54, 1.807) is 12.3 Å². The molecule has 0 aliphatic heterocycles. The van der Waals surface area contributed by atoms with E-state index in [9.17, 15) is 0 Å². The maximum atomic E-state index is 6.15. The summed E-state index contributed by atoms with van der Waals surface area (Å²) in [6.07, 6.45) is 1.63. The van der Waals surface area contributed by atoms with Crippen molar-refractivity contribution in [3.8, 4) is 11.6 Å². The zero-order valence-corrected chi connectivity index (χ0v) is 12.1. The lowest BCUT2D eigenvalue weighted by Crippen LogP contribution is -1.99. The number of nitrogens with two attached hydrogens (primary N) is 1. The van der Waals surface area contributed by atoms with Gasteiger partial charge < -0.3 is 10.5 Å². The van der Waals surface area contributed by atoms with Crippen LogP contribution in [-0.4, -0.2) is 4.98 Å². The lowest BCUT2D eigenvalue weighted by Gasteiger charge is -2.09. The van der Waals surface area contributed by atoms with Gasteiger partial charge in [0.05, 0.1) is 0 Å².